The van der Waals surface area contributed by atoms with Crippen molar-refractivity contribution in [1.82, 2.24) is 0 Å². The van der Waals surface area contributed by atoms with Crippen molar-refractivity contribution >= 4 is 34.2 Å². The summed E-state index contributed by atoms with van der Waals surface area (Å²) in [6.45, 7) is -0.680. The molecule has 4 rings (SSSR count). The van der Waals surface area contributed by atoms with Crippen LogP contribution in [0.1, 0.15) is 11.3 Å². The summed E-state index contributed by atoms with van der Waals surface area (Å²) in [5.41, 5.74) is -3.20. The highest BCUT2D eigenvalue weighted by molar-refractivity contribution is 6.30. The zero-order chi connectivity index (χ0) is 27.0. The molecule has 0 aliphatic heterocycles. The highest BCUT2D eigenvalue weighted by Crippen LogP contribution is 2.38. The predicted octanol–water partition coefficient (Wildman–Crippen LogP) is 7.17. The topological polar surface area (TPSA) is 68.5 Å². The minimum Gasteiger partial charge on any atom is -0.484 e. The molecular formula is C25H14ClF6NO4. The van der Waals surface area contributed by atoms with Crippen molar-refractivity contribution in [2.24, 2.45) is 0 Å². The van der Waals surface area contributed by atoms with Crippen molar-refractivity contribution < 1.29 is 40.3 Å². The fourth-order valence-corrected chi connectivity index (χ4v) is 3.59. The Morgan fingerprint density at radius 3 is 2.27 bits per heavy atom. The first-order chi connectivity index (χ1) is 17.3. The Morgan fingerprint density at radius 1 is 0.919 bits per heavy atom. The van der Waals surface area contributed by atoms with Gasteiger partial charge in [-0.2, -0.15) is 26.3 Å². The lowest BCUT2D eigenvalue weighted by molar-refractivity contribution is -0.152. The Kier molecular flexibility index (Phi) is 6.92. The van der Waals surface area contributed by atoms with E-state index in [2.05, 4.69) is 5.32 Å². The van der Waals surface area contributed by atoms with Gasteiger partial charge < -0.3 is 14.5 Å². The Hall–Kier alpha value is -3.99. The van der Waals surface area contributed by atoms with E-state index < -0.39 is 52.8 Å². The van der Waals surface area contributed by atoms with Crippen LogP contribution in [0.2, 0.25) is 5.02 Å². The van der Waals surface area contributed by atoms with Crippen molar-refractivity contribution in [3.05, 3.63) is 93.3 Å². The first kappa shape index (κ1) is 26.1. The number of alkyl halides is 6. The number of amides is 1. The number of ether oxygens (including phenoxy) is 1. The maximum atomic E-state index is 13.8. The van der Waals surface area contributed by atoms with Crippen molar-refractivity contribution in [2.45, 2.75) is 12.4 Å². The van der Waals surface area contributed by atoms with E-state index in [4.69, 9.17) is 20.8 Å². The Morgan fingerprint density at radius 2 is 1.62 bits per heavy atom. The molecule has 1 N–H and O–H groups in total. The standard InChI is InChI=1S/C25H14ClF6NO4/c26-15-6-4-13(5-7-15)21-22(35)18-9-8-17(11-19(18)37-23(21)25(30,31)32)36-12-20(34)33-16-3-1-2-14(10-16)24(27,28)29/h1-11H,12H2,(H,33,34). The van der Waals surface area contributed by atoms with E-state index in [1.54, 1.807) is 0 Å². The molecule has 192 valence electrons. The van der Waals surface area contributed by atoms with Gasteiger partial charge >= 0.3 is 12.4 Å². The van der Waals surface area contributed by atoms with Crippen LogP contribution in [0, 0.1) is 0 Å². The summed E-state index contributed by atoms with van der Waals surface area (Å²) in [6.07, 6.45) is -9.61. The number of hydrogen-bond acceptors (Lipinski definition) is 4. The van der Waals surface area contributed by atoms with Crippen LogP contribution in [0.15, 0.2) is 75.9 Å². The van der Waals surface area contributed by atoms with Gasteiger partial charge in [0.15, 0.2) is 6.61 Å². The molecule has 1 amide bonds. The fraction of sp³-hybridized carbons (Fsp3) is 0.120. The minimum atomic E-state index is -5.01. The minimum absolute atomic E-state index is 0.0426. The van der Waals surface area contributed by atoms with E-state index in [0.29, 0.717) is 0 Å². The molecule has 0 aliphatic carbocycles. The first-order valence-electron chi connectivity index (χ1n) is 10.4. The van der Waals surface area contributed by atoms with E-state index in [1.165, 1.54) is 42.5 Å². The molecule has 0 unspecified atom stereocenters. The van der Waals surface area contributed by atoms with Gasteiger partial charge in [0, 0.05) is 16.8 Å². The van der Waals surface area contributed by atoms with Gasteiger partial charge in [0.1, 0.15) is 11.3 Å². The largest absolute Gasteiger partial charge is 0.484 e. The van der Waals surface area contributed by atoms with E-state index in [9.17, 15) is 35.9 Å². The van der Waals surface area contributed by atoms with Crippen LogP contribution in [-0.2, 0) is 17.1 Å². The summed E-state index contributed by atoms with van der Waals surface area (Å²) in [7, 11) is 0. The number of nitrogens with one attached hydrogen (secondary N) is 1. The average Bonchev–Trinajstić information content (AvgIpc) is 2.82. The number of anilines is 1. The third-order valence-electron chi connectivity index (χ3n) is 5.10. The number of hydrogen-bond donors (Lipinski definition) is 1. The molecule has 0 radical (unpaired) electrons. The molecule has 4 aromatic rings. The lowest BCUT2D eigenvalue weighted by atomic mass is 10.0. The van der Waals surface area contributed by atoms with Crippen molar-refractivity contribution in [1.29, 1.82) is 0 Å². The summed E-state index contributed by atoms with van der Waals surface area (Å²) in [6, 6.07) is 12.6. The summed E-state index contributed by atoms with van der Waals surface area (Å²) < 4.78 is 90.1. The summed E-state index contributed by atoms with van der Waals surface area (Å²) in [4.78, 5) is 25.1. The molecule has 0 atom stereocenters. The second kappa shape index (κ2) is 9.81. The van der Waals surface area contributed by atoms with E-state index in [0.717, 1.165) is 24.3 Å². The molecule has 37 heavy (non-hydrogen) atoms. The quantitative estimate of drug-likeness (QED) is 0.272. The molecule has 0 spiro atoms. The predicted molar refractivity (Wildman–Crippen MR) is 124 cm³/mol. The van der Waals surface area contributed by atoms with E-state index >= 15 is 0 Å². The third-order valence-corrected chi connectivity index (χ3v) is 5.35. The van der Waals surface area contributed by atoms with Crippen LogP contribution < -0.4 is 15.5 Å². The third kappa shape index (κ3) is 5.88. The van der Waals surface area contributed by atoms with Crippen molar-refractivity contribution in [3.8, 4) is 16.9 Å². The van der Waals surface area contributed by atoms with Gasteiger partial charge in [-0.05, 0) is 48.0 Å². The maximum Gasteiger partial charge on any atom is 0.450 e. The molecule has 3 aromatic carbocycles. The van der Waals surface area contributed by atoms with Gasteiger partial charge in [-0.1, -0.05) is 29.8 Å². The number of benzene rings is 3. The lowest BCUT2D eigenvalue weighted by Crippen LogP contribution is -2.20. The summed E-state index contributed by atoms with van der Waals surface area (Å²) in [5, 5.41) is 2.33. The average molecular weight is 542 g/mol. The normalized spacial score (nSPS) is 12.0. The Bertz CT molecular complexity index is 1530. The molecule has 12 heteroatoms. The molecule has 0 aliphatic rings. The van der Waals surface area contributed by atoms with Crippen molar-refractivity contribution in [2.75, 3.05) is 11.9 Å². The highest BCUT2D eigenvalue weighted by atomic mass is 35.5. The second-order valence-electron chi connectivity index (χ2n) is 7.71. The van der Waals surface area contributed by atoms with Crippen molar-refractivity contribution in [3.63, 3.8) is 0 Å². The SMILES string of the molecule is O=C(COc1ccc2c(=O)c(-c3ccc(Cl)cc3)c(C(F)(F)F)oc2c1)Nc1cccc(C(F)(F)F)c1. The van der Waals surface area contributed by atoms with Gasteiger partial charge in [0.2, 0.25) is 11.2 Å². The Labute approximate surface area is 209 Å². The summed E-state index contributed by atoms with van der Waals surface area (Å²) in [5.74, 6) is -2.45. The fourth-order valence-electron chi connectivity index (χ4n) is 3.46. The molecule has 1 heterocycles. The molecule has 0 saturated heterocycles. The number of carbonyl (C=O) groups excluding carboxylic acids is 1. The number of carbonyl (C=O) groups is 1. The van der Waals surface area contributed by atoms with Gasteiger partial charge in [-0.15, -0.1) is 0 Å². The molecule has 0 bridgehead atoms. The van der Waals surface area contributed by atoms with Crippen LogP contribution in [-0.4, -0.2) is 12.5 Å². The van der Waals surface area contributed by atoms with Crippen LogP contribution in [0.25, 0.3) is 22.1 Å². The van der Waals surface area contributed by atoms with Crippen LogP contribution in [0.5, 0.6) is 5.75 Å². The van der Waals surface area contributed by atoms with Gasteiger partial charge in [0.05, 0.1) is 16.5 Å². The van der Waals surface area contributed by atoms with Gasteiger partial charge in [0.25, 0.3) is 5.91 Å². The monoisotopic (exact) mass is 541 g/mol. The van der Waals surface area contributed by atoms with Gasteiger partial charge in [-0.25, -0.2) is 0 Å². The second-order valence-corrected chi connectivity index (χ2v) is 8.15. The van der Waals surface area contributed by atoms with E-state index in [1.807, 2.05) is 0 Å². The smallest absolute Gasteiger partial charge is 0.450 e. The first-order valence-corrected chi connectivity index (χ1v) is 10.7. The lowest BCUT2D eigenvalue weighted by Gasteiger charge is -2.14. The number of halogens is 7. The van der Waals surface area contributed by atoms with Crippen LogP contribution >= 0.6 is 11.6 Å². The number of rotatable bonds is 5. The molecule has 0 saturated carbocycles. The number of fused-ring (bicyclic) bond motifs is 1. The zero-order valence-electron chi connectivity index (χ0n) is 18.3. The molecule has 5 nitrogen and oxygen atoms in total. The van der Waals surface area contributed by atoms with Gasteiger partial charge in [-0.3, -0.25) is 9.59 Å². The van der Waals surface area contributed by atoms with E-state index in [-0.39, 0.29) is 27.4 Å². The Balaban J connectivity index is 1.59. The molecule has 1 aromatic heterocycles. The zero-order valence-corrected chi connectivity index (χ0v) is 19.1. The highest BCUT2D eigenvalue weighted by Gasteiger charge is 2.39. The van der Waals surface area contributed by atoms with Crippen LogP contribution in [0.3, 0.4) is 0 Å². The van der Waals surface area contributed by atoms with Crippen LogP contribution in [0.4, 0.5) is 32.0 Å². The molecule has 0 fully saturated rings. The maximum absolute atomic E-state index is 13.8. The molecular weight excluding hydrogens is 528 g/mol. The summed E-state index contributed by atoms with van der Waals surface area (Å²) >= 11 is 5.79.